The monoisotopic (exact) mass is 220 g/mol. The molecule has 58 valence electrons. The van der Waals surface area contributed by atoms with Crippen LogP contribution < -0.4 is 0 Å². The third kappa shape index (κ3) is 12.3. The Morgan fingerprint density at radius 1 is 0.667 bits per heavy atom. The van der Waals surface area contributed by atoms with Crippen LogP contribution in [0.3, 0.4) is 0 Å². The van der Waals surface area contributed by atoms with E-state index in [4.69, 9.17) is 0 Å². The molecule has 5 heteroatoms. The van der Waals surface area contributed by atoms with Crippen molar-refractivity contribution in [3.8, 4) is 0 Å². The van der Waals surface area contributed by atoms with Crippen molar-refractivity contribution in [2.75, 3.05) is 0 Å². The summed E-state index contributed by atoms with van der Waals surface area (Å²) in [4.78, 5) is 0. The molecular weight excluding hydrogens is 208 g/mol. The molecule has 0 fully saturated rings. The molecule has 0 saturated heterocycles. The van der Waals surface area contributed by atoms with Crippen LogP contribution in [0.4, 0.5) is 0 Å². The van der Waals surface area contributed by atoms with Crippen LogP contribution in [0.1, 0.15) is 0 Å². The second-order valence-corrected chi connectivity index (χ2v) is 1.61. The third-order valence-corrected chi connectivity index (χ3v) is 1.05. The average Bonchev–Trinajstić information content (AvgIpc) is 1.76. The van der Waals surface area contributed by atoms with Crippen LogP contribution in [0.15, 0.2) is 22.9 Å². The molecule has 1 rings (SSSR count). The Balaban J connectivity index is -0.0000000312. The van der Waals surface area contributed by atoms with Gasteiger partial charge in [0.1, 0.15) is 0 Å². The Bertz CT molecular complexity index is 65.4. The fraction of sp³-hybridized carbons (Fsp3) is 0. The van der Waals surface area contributed by atoms with Crippen LogP contribution in [0.25, 0.3) is 0 Å². The fourth-order valence-corrected chi connectivity index (χ4v) is 0.680. The number of hydrogen-bond acceptors (Lipinski definition) is 1. The maximum atomic E-state index is 2.04. The first-order valence-electron chi connectivity index (χ1n) is 1.47. The zero-order valence-electron chi connectivity index (χ0n) is 4.72. The SMILES string of the molecule is S.S.S.S.c1ccsc1. The first-order chi connectivity index (χ1) is 2.50. The summed E-state index contributed by atoms with van der Waals surface area (Å²) in [5.74, 6) is 0. The van der Waals surface area contributed by atoms with Gasteiger partial charge in [-0.15, -0.1) is 0 Å². The smallest absolute Gasteiger partial charge is 0.00934 e. The van der Waals surface area contributed by atoms with Crippen molar-refractivity contribution in [3.05, 3.63) is 22.9 Å². The molecule has 0 saturated carbocycles. The second-order valence-electron chi connectivity index (χ2n) is 0.793. The predicted molar refractivity (Wildman–Crippen MR) is 65.8 cm³/mol. The Kier molecular flexibility index (Phi) is 40.1. The van der Waals surface area contributed by atoms with E-state index >= 15 is 0 Å². The van der Waals surface area contributed by atoms with Crippen molar-refractivity contribution in [2.45, 2.75) is 0 Å². The Hall–Kier alpha value is 1.10. The molecule has 0 bridgehead atoms. The van der Waals surface area contributed by atoms with Gasteiger partial charge in [0.05, 0.1) is 0 Å². The van der Waals surface area contributed by atoms with Gasteiger partial charge in [-0.2, -0.15) is 65.3 Å². The predicted octanol–water partition coefficient (Wildman–Crippen LogP) is 2.20. The third-order valence-electron chi connectivity index (χ3n) is 0.425. The summed E-state index contributed by atoms with van der Waals surface area (Å²) in [7, 11) is 0. The maximum absolute atomic E-state index is 2.04. The van der Waals surface area contributed by atoms with Gasteiger partial charge in [0.15, 0.2) is 0 Å². The van der Waals surface area contributed by atoms with E-state index in [0.29, 0.717) is 0 Å². The van der Waals surface area contributed by atoms with Gasteiger partial charge >= 0.3 is 0 Å². The molecule has 0 atom stereocenters. The highest BCUT2D eigenvalue weighted by atomic mass is 32.1. The summed E-state index contributed by atoms with van der Waals surface area (Å²) in [6.45, 7) is 0. The maximum Gasteiger partial charge on any atom is -0.00934 e. The zero-order valence-corrected chi connectivity index (χ0v) is 9.53. The van der Waals surface area contributed by atoms with E-state index in [1.54, 1.807) is 11.3 Å². The fourth-order valence-electron chi connectivity index (χ4n) is 0.227. The van der Waals surface area contributed by atoms with Gasteiger partial charge in [-0.05, 0) is 10.8 Å². The highest BCUT2D eigenvalue weighted by Gasteiger charge is 1.58. The number of rotatable bonds is 0. The summed E-state index contributed by atoms with van der Waals surface area (Å²) >= 11 is 1.71. The standard InChI is InChI=1S/C4H4S.4H2S/c1-2-4-5-3-1;;;;/h1-4H;4*1H2. The Morgan fingerprint density at radius 2 is 1.00 bits per heavy atom. The van der Waals surface area contributed by atoms with Crippen molar-refractivity contribution >= 4 is 65.3 Å². The van der Waals surface area contributed by atoms with Crippen molar-refractivity contribution in [1.82, 2.24) is 0 Å². The van der Waals surface area contributed by atoms with E-state index in [0.717, 1.165) is 0 Å². The summed E-state index contributed by atoms with van der Waals surface area (Å²) in [5.41, 5.74) is 0. The highest BCUT2D eigenvalue weighted by molar-refractivity contribution is 7.59. The minimum Gasteiger partial charge on any atom is -0.197 e. The van der Waals surface area contributed by atoms with Crippen LogP contribution in [0.2, 0.25) is 0 Å². The molecule has 0 unspecified atom stereocenters. The van der Waals surface area contributed by atoms with Gasteiger partial charge in [-0.3, -0.25) is 0 Å². The minimum absolute atomic E-state index is 0. The van der Waals surface area contributed by atoms with Crippen LogP contribution in [0.5, 0.6) is 0 Å². The molecule has 0 amide bonds. The highest BCUT2D eigenvalue weighted by Crippen LogP contribution is 1.91. The van der Waals surface area contributed by atoms with Gasteiger partial charge in [-0.1, -0.05) is 12.1 Å². The van der Waals surface area contributed by atoms with Crippen molar-refractivity contribution in [1.29, 1.82) is 0 Å². The number of hydrogen-bond donors (Lipinski definition) is 0. The van der Waals surface area contributed by atoms with Gasteiger partial charge in [0, 0.05) is 0 Å². The van der Waals surface area contributed by atoms with Gasteiger partial charge in [-0.25, -0.2) is 0 Å². The summed E-state index contributed by atoms with van der Waals surface area (Å²) in [6.07, 6.45) is 0. The van der Waals surface area contributed by atoms with Crippen LogP contribution >= 0.6 is 65.3 Å². The van der Waals surface area contributed by atoms with E-state index in [1.165, 1.54) is 0 Å². The van der Waals surface area contributed by atoms with E-state index in [9.17, 15) is 0 Å². The topological polar surface area (TPSA) is 0 Å². The van der Waals surface area contributed by atoms with Crippen LogP contribution in [-0.2, 0) is 0 Å². The Morgan fingerprint density at radius 3 is 1.11 bits per heavy atom. The molecule has 0 radical (unpaired) electrons. The quantitative estimate of drug-likeness (QED) is 0.629. The molecule has 0 aliphatic carbocycles. The Labute approximate surface area is 87.8 Å². The number of thiophene rings is 1. The van der Waals surface area contributed by atoms with E-state index in [2.05, 4.69) is 0 Å². The summed E-state index contributed by atoms with van der Waals surface area (Å²) < 4.78 is 0. The lowest BCUT2D eigenvalue weighted by atomic mass is 10.7. The molecule has 0 nitrogen and oxygen atoms in total. The average molecular weight is 220 g/mol. The lowest BCUT2D eigenvalue weighted by Crippen LogP contribution is -1.16. The molecule has 9 heavy (non-hydrogen) atoms. The largest absolute Gasteiger partial charge is 0.197 e. The van der Waals surface area contributed by atoms with Gasteiger partial charge < -0.3 is 0 Å². The second kappa shape index (κ2) is 16.0. The lowest BCUT2D eigenvalue weighted by Gasteiger charge is -1.39. The van der Waals surface area contributed by atoms with Crippen molar-refractivity contribution < 1.29 is 0 Å². The van der Waals surface area contributed by atoms with E-state index in [1.807, 2.05) is 22.9 Å². The molecular formula is C4H12S5. The van der Waals surface area contributed by atoms with Crippen LogP contribution in [0, 0.1) is 0 Å². The van der Waals surface area contributed by atoms with Gasteiger partial charge in [0.2, 0.25) is 0 Å². The summed E-state index contributed by atoms with van der Waals surface area (Å²) in [5, 5.41) is 4.08. The normalized spacial score (nSPS) is 4.44. The zero-order chi connectivity index (χ0) is 3.54. The van der Waals surface area contributed by atoms with Gasteiger partial charge in [0.25, 0.3) is 0 Å². The molecule has 1 aromatic rings. The van der Waals surface area contributed by atoms with Crippen molar-refractivity contribution in [3.63, 3.8) is 0 Å². The molecule has 1 heterocycles. The summed E-state index contributed by atoms with van der Waals surface area (Å²) in [6, 6.07) is 4.04. The lowest BCUT2D eigenvalue weighted by molar-refractivity contribution is 2.03. The molecule has 0 aromatic carbocycles. The molecule has 0 N–H and O–H groups in total. The van der Waals surface area contributed by atoms with Crippen molar-refractivity contribution in [2.24, 2.45) is 0 Å². The first kappa shape index (κ1) is 22.5. The minimum atomic E-state index is 0. The molecule has 0 spiro atoms. The first-order valence-corrected chi connectivity index (χ1v) is 2.41. The molecule has 0 aliphatic rings. The van der Waals surface area contributed by atoms with Crippen LogP contribution in [-0.4, -0.2) is 0 Å². The molecule has 0 aliphatic heterocycles. The van der Waals surface area contributed by atoms with E-state index < -0.39 is 0 Å². The van der Waals surface area contributed by atoms with E-state index in [-0.39, 0.29) is 54.0 Å². The molecule has 1 aromatic heterocycles.